The van der Waals surface area contributed by atoms with Gasteiger partial charge in [0.25, 0.3) is 0 Å². The maximum atomic E-state index is 3.32. The number of aromatic nitrogens is 1. The van der Waals surface area contributed by atoms with Crippen molar-refractivity contribution >= 4 is 33.5 Å². The van der Waals surface area contributed by atoms with Crippen molar-refractivity contribution in [3.63, 3.8) is 0 Å². The molecule has 1 aromatic heterocycles. The van der Waals surface area contributed by atoms with Crippen molar-refractivity contribution in [3.05, 3.63) is 35.5 Å². The Hall–Kier alpha value is -0.510. The van der Waals surface area contributed by atoms with E-state index in [9.17, 15) is 0 Å². The van der Waals surface area contributed by atoms with Crippen LogP contribution < -0.4 is 0 Å². The molecule has 14 heavy (non-hydrogen) atoms. The third-order valence-electron chi connectivity index (χ3n) is 2.42. The number of halogens is 1. The molecule has 74 valence electrons. The van der Waals surface area contributed by atoms with E-state index in [1.165, 1.54) is 22.0 Å². The van der Waals surface area contributed by atoms with Gasteiger partial charge in [-0.15, -0.1) is 0 Å². The standard InChI is InChI=1S/C12H14IN/c1-8-3-4-12-11(5-8)10(7-14-12)6-9(2)13/h3-5,7,9,14H,6H2,1-2H3. The van der Waals surface area contributed by atoms with E-state index in [0.29, 0.717) is 3.92 Å². The lowest BCUT2D eigenvalue weighted by molar-refractivity contribution is 0.985. The van der Waals surface area contributed by atoms with E-state index in [0.717, 1.165) is 6.42 Å². The Morgan fingerprint density at radius 1 is 1.43 bits per heavy atom. The van der Waals surface area contributed by atoms with Gasteiger partial charge < -0.3 is 4.98 Å². The van der Waals surface area contributed by atoms with Crippen LogP contribution in [0.25, 0.3) is 10.9 Å². The van der Waals surface area contributed by atoms with Crippen molar-refractivity contribution in [2.45, 2.75) is 24.2 Å². The summed E-state index contributed by atoms with van der Waals surface area (Å²) in [6.07, 6.45) is 3.28. The predicted octanol–water partition coefficient (Wildman–Crippen LogP) is 3.84. The fourth-order valence-electron chi connectivity index (χ4n) is 1.76. The summed E-state index contributed by atoms with van der Waals surface area (Å²) >= 11 is 2.47. The van der Waals surface area contributed by atoms with E-state index in [1.807, 2.05) is 0 Å². The minimum absolute atomic E-state index is 0.687. The highest BCUT2D eigenvalue weighted by atomic mass is 127. The number of benzene rings is 1. The van der Waals surface area contributed by atoms with E-state index in [-0.39, 0.29) is 0 Å². The Kier molecular flexibility index (Phi) is 2.81. The molecule has 1 aromatic carbocycles. The van der Waals surface area contributed by atoms with Crippen LogP contribution >= 0.6 is 22.6 Å². The van der Waals surface area contributed by atoms with Gasteiger partial charge in [0, 0.05) is 21.0 Å². The second kappa shape index (κ2) is 3.93. The lowest BCUT2D eigenvalue weighted by Gasteiger charge is -2.01. The molecule has 0 aliphatic heterocycles. The summed E-state index contributed by atoms with van der Waals surface area (Å²) in [4.78, 5) is 3.32. The normalized spacial score (nSPS) is 13.4. The van der Waals surface area contributed by atoms with Crippen LogP contribution in [0.1, 0.15) is 18.1 Å². The zero-order valence-corrected chi connectivity index (χ0v) is 10.6. The molecule has 0 fully saturated rings. The first-order chi connectivity index (χ1) is 6.66. The molecule has 0 spiro atoms. The lowest BCUT2D eigenvalue weighted by Crippen LogP contribution is -1.94. The third kappa shape index (κ3) is 1.95. The fourth-order valence-corrected chi connectivity index (χ4v) is 2.24. The SMILES string of the molecule is Cc1ccc2[nH]cc(CC(C)I)c2c1. The zero-order valence-electron chi connectivity index (χ0n) is 8.47. The highest BCUT2D eigenvalue weighted by Crippen LogP contribution is 2.22. The van der Waals surface area contributed by atoms with E-state index in [4.69, 9.17) is 0 Å². The summed E-state index contributed by atoms with van der Waals surface area (Å²) < 4.78 is 0.687. The van der Waals surface area contributed by atoms with Gasteiger partial charge in [-0.3, -0.25) is 0 Å². The summed E-state index contributed by atoms with van der Waals surface area (Å²) in [5.41, 5.74) is 4.02. The summed E-state index contributed by atoms with van der Waals surface area (Å²) in [6.45, 7) is 4.39. The van der Waals surface area contributed by atoms with Crippen LogP contribution in [0, 0.1) is 6.92 Å². The molecule has 0 radical (unpaired) electrons. The molecular formula is C12H14IN. The molecule has 2 heteroatoms. The molecule has 0 saturated carbocycles. The zero-order chi connectivity index (χ0) is 10.1. The molecular weight excluding hydrogens is 285 g/mol. The average molecular weight is 299 g/mol. The number of rotatable bonds is 2. The van der Waals surface area contributed by atoms with Crippen LogP contribution in [0.4, 0.5) is 0 Å². The molecule has 1 heterocycles. The van der Waals surface area contributed by atoms with Crippen LogP contribution in [0.3, 0.4) is 0 Å². The Balaban J connectivity index is 2.50. The molecule has 1 N–H and O–H groups in total. The summed E-state index contributed by atoms with van der Waals surface area (Å²) in [5, 5.41) is 1.38. The van der Waals surface area contributed by atoms with Gasteiger partial charge in [0.15, 0.2) is 0 Å². The number of aromatic amines is 1. The maximum Gasteiger partial charge on any atom is 0.0456 e. The van der Waals surface area contributed by atoms with Crippen molar-refractivity contribution in [2.75, 3.05) is 0 Å². The van der Waals surface area contributed by atoms with E-state index in [1.54, 1.807) is 0 Å². The molecule has 0 aliphatic rings. The number of H-pyrrole nitrogens is 1. The Morgan fingerprint density at radius 2 is 2.21 bits per heavy atom. The first-order valence-corrected chi connectivity index (χ1v) is 6.12. The number of alkyl halides is 1. The van der Waals surface area contributed by atoms with E-state index >= 15 is 0 Å². The number of nitrogens with one attached hydrogen (secondary N) is 1. The molecule has 1 unspecified atom stereocenters. The first-order valence-electron chi connectivity index (χ1n) is 4.87. The average Bonchev–Trinajstić information content (AvgIpc) is 2.47. The monoisotopic (exact) mass is 299 g/mol. The van der Waals surface area contributed by atoms with Crippen molar-refractivity contribution in [3.8, 4) is 0 Å². The van der Waals surface area contributed by atoms with Gasteiger partial charge in [0.05, 0.1) is 0 Å². The summed E-state index contributed by atoms with van der Waals surface area (Å²) in [5.74, 6) is 0. The molecule has 0 bridgehead atoms. The molecule has 0 saturated heterocycles. The number of hydrogen-bond donors (Lipinski definition) is 1. The van der Waals surface area contributed by atoms with Crippen molar-refractivity contribution in [2.24, 2.45) is 0 Å². The molecule has 1 nitrogen and oxygen atoms in total. The van der Waals surface area contributed by atoms with Crippen LogP contribution in [-0.2, 0) is 6.42 Å². The van der Waals surface area contributed by atoms with Crippen molar-refractivity contribution < 1.29 is 0 Å². The predicted molar refractivity (Wildman–Crippen MR) is 70.2 cm³/mol. The van der Waals surface area contributed by atoms with Crippen LogP contribution in [0.5, 0.6) is 0 Å². The highest BCUT2D eigenvalue weighted by Gasteiger charge is 2.05. The molecule has 0 aliphatic carbocycles. The van der Waals surface area contributed by atoms with E-state index in [2.05, 4.69) is 65.8 Å². The molecule has 1 atom stereocenters. The van der Waals surface area contributed by atoms with Crippen LogP contribution in [0.15, 0.2) is 24.4 Å². The van der Waals surface area contributed by atoms with Crippen molar-refractivity contribution in [1.29, 1.82) is 0 Å². The summed E-state index contributed by atoms with van der Waals surface area (Å²) in [7, 11) is 0. The first kappa shape index (κ1) is 10.0. The Labute approximate surface area is 98.0 Å². The molecule has 2 rings (SSSR count). The van der Waals surface area contributed by atoms with Gasteiger partial charge >= 0.3 is 0 Å². The van der Waals surface area contributed by atoms with Gasteiger partial charge in [-0.1, -0.05) is 41.1 Å². The summed E-state index contributed by atoms with van der Waals surface area (Å²) in [6, 6.07) is 6.57. The van der Waals surface area contributed by atoms with Gasteiger partial charge in [0.2, 0.25) is 0 Å². The molecule has 0 amide bonds. The quantitative estimate of drug-likeness (QED) is 0.640. The smallest absolute Gasteiger partial charge is 0.0456 e. The Morgan fingerprint density at radius 3 is 2.93 bits per heavy atom. The number of fused-ring (bicyclic) bond motifs is 1. The lowest BCUT2D eigenvalue weighted by atomic mass is 10.1. The minimum Gasteiger partial charge on any atom is -0.361 e. The minimum atomic E-state index is 0.687. The maximum absolute atomic E-state index is 3.32. The van der Waals surface area contributed by atoms with E-state index < -0.39 is 0 Å². The van der Waals surface area contributed by atoms with Gasteiger partial charge in [-0.05, 0) is 31.0 Å². The van der Waals surface area contributed by atoms with Crippen LogP contribution in [0.2, 0.25) is 0 Å². The Bertz CT molecular complexity index is 443. The highest BCUT2D eigenvalue weighted by molar-refractivity contribution is 14.1. The number of aryl methyl sites for hydroxylation is 1. The topological polar surface area (TPSA) is 15.8 Å². The third-order valence-corrected chi connectivity index (χ3v) is 2.86. The second-order valence-corrected chi connectivity index (χ2v) is 5.97. The molecule has 2 aromatic rings. The van der Waals surface area contributed by atoms with Crippen molar-refractivity contribution in [1.82, 2.24) is 4.98 Å². The second-order valence-electron chi connectivity index (χ2n) is 3.85. The van der Waals surface area contributed by atoms with Gasteiger partial charge in [-0.2, -0.15) is 0 Å². The van der Waals surface area contributed by atoms with Gasteiger partial charge in [-0.25, -0.2) is 0 Å². The van der Waals surface area contributed by atoms with Crippen LogP contribution in [-0.4, -0.2) is 8.91 Å². The fraction of sp³-hybridized carbons (Fsp3) is 0.333. The largest absolute Gasteiger partial charge is 0.361 e. The van der Waals surface area contributed by atoms with Gasteiger partial charge in [0.1, 0.15) is 0 Å². The number of hydrogen-bond acceptors (Lipinski definition) is 0.